The Balaban J connectivity index is 2.57. The standard InChI is InChI=1S/C13H18/c1-3-4-6-9-12(2)13-10-7-5-8-11-13/h5,7-11H,3-4,6H2,1-2H3/b12-9+. The Hall–Kier alpha value is -1.04. The predicted molar refractivity (Wildman–Crippen MR) is 59.6 cm³/mol. The van der Waals surface area contributed by atoms with Gasteiger partial charge >= 0.3 is 0 Å². The molecule has 70 valence electrons. The molecule has 0 nitrogen and oxygen atoms in total. The first kappa shape index (κ1) is 10.0. The maximum Gasteiger partial charge on any atom is -0.0231 e. The van der Waals surface area contributed by atoms with Gasteiger partial charge in [0.15, 0.2) is 0 Å². The SMILES string of the molecule is CCCC/C=C(\C)c1ccccc1. The van der Waals surface area contributed by atoms with Gasteiger partial charge in [-0.1, -0.05) is 56.2 Å². The number of allylic oxidation sites excluding steroid dienone is 2. The van der Waals surface area contributed by atoms with E-state index >= 15 is 0 Å². The molecular formula is C13H18. The van der Waals surface area contributed by atoms with Crippen LogP contribution in [0, 0.1) is 0 Å². The molecule has 1 aromatic carbocycles. The Morgan fingerprint density at radius 3 is 2.54 bits per heavy atom. The van der Waals surface area contributed by atoms with E-state index in [9.17, 15) is 0 Å². The molecule has 0 heteroatoms. The maximum atomic E-state index is 2.33. The van der Waals surface area contributed by atoms with E-state index in [4.69, 9.17) is 0 Å². The van der Waals surface area contributed by atoms with Gasteiger partial charge in [0.1, 0.15) is 0 Å². The lowest BCUT2D eigenvalue weighted by Crippen LogP contribution is -1.78. The van der Waals surface area contributed by atoms with Gasteiger partial charge in [0.2, 0.25) is 0 Å². The Bertz CT molecular complexity index is 257. The number of benzene rings is 1. The molecule has 0 N–H and O–H groups in total. The first-order valence-electron chi connectivity index (χ1n) is 5.06. The van der Waals surface area contributed by atoms with Crippen molar-refractivity contribution in [1.82, 2.24) is 0 Å². The largest absolute Gasteiger partial charge is 0.0810 e. The Morgan fingerprint density at radius 1 is 1.23 bits per heavy atom. The van der Waals surface area contributed by atoms with Gasteiger partial charge in [-0.25, -0.2) is 0 Å². The van der Waals surface area contributed by atoms with Gasteiger partial charge in [-0.15, -0.1) is 0 Å². The molecule has 0 atom stereocenters. The quantitative estimate of drug-likeness (QED) is 0.598. The molecule has 0 spiro atoms. The predicted octanol–water partition coefficient (Wildman–Crippen LogP) is 4.28. The normalized spacial score (nSPS) is 11.7. The summed E-state index contributed by atoms with van der Waals surface area (Å²) in [6.07, 6.45) is 6.11. The average molecular weight is 174 g/mol. The molecule has 0 aromatic heterocycles. The Morgan fingerprint density at radius 2 is 1.92 bits per heavy atom. The van der Waals surface area contributed by atoms with E-state index in [1.807, 2.05) is 0 Å². The summed E-state index contributed by atoms with van der Waals surface area (Å²) < 4.78 is 0. The van der Waals surface area contributed by atoms with Gasteiger partial charge < -0.3 is 0 Å². The smallest absolute Gasteiger partial charge is 0.0231 e. The lowest BCUT2D eigenvalue weighted by atomic mass is 10.1. The molecule has 0 saturated carbocycles. The lowest BCUT2D eigenvalue weighted by Gasteiger charge is -2.00. The second-order valence-electron chi connectivity index (χ2n) is 3.40. The minimum absolute atomic E-state index is 1.21. The molecule has 0 heterocycles. The highest BCUT2D eigenvalue weighted by Crippen LogP contribution is 2.14. The summed E-state index contributed by atoms with van der Waals surface area (Å²) in [7, 11) is 0. The summed E-state index contributed by atoms with van der Waals surface area (Å²) in [5.74, 6) is 0. The van der Waals surface area contributed by atoms with E-state index < -0.39 is 0 Å². The number of hydrogen-bond acceptors (Lipinski definition) is 0. The van der Waals surface area contributed by atoms with Gasteiger partial charge in [0.25, 0.3) is 0 Å². The van der Waals surface area contributed by atoms with Crippen LogP contribution in [0.25, 0.3) is 5.57 Å². The van der Waals surface area contributed by atoms with Crippen molar-refractivity contribution in [2.45, 2.75) is 33.1 Å². The van der Waals surface area contributed by atoms with Crippen LogP contribution in [0.5, 0.6) is 0 Å². The van der Waals surface area contributed by atoms with Crippen molar-refractivity contribution in [3.8, 4) is 0 Å². The molecule has 0 radical (unpaired) electrons. The van der Waals surface area contributed by atoms with Crippen LogP contribution in [-0.2, 0) is 0 Å². The molecule has 1 rings (SSSR count). The number of unbranched alkanes of at least 4 members (excludes halogenated alkanes) is 2. The van der Waals surface area contributed by atoms with Gasteiger partial charge in [-0.05, 0) is 24.5 Å². The summed E-state index contributed by atoms with van der Waals surface area (Å²) in [4.78, 5) is 0. The number of hydrogen-bond donors (Lipinski definition) is 0. The van der Waals surface area contributed by atoms with Crippen molar-refractivity contribution in [3.63, 3.8) is 0 Å². The fourth-order valence-electron chi connectivity index (χ4n) is 1.34. The summed E-state index contributed by atoms with van der Waals surface area (Å²) in [5, 5.41) is 0. The first-order chi connectivity index (χ1) is 6.34. The average Bonchev–Trinajstić information content (AvgIpc) is 2.19. The lowest BCUT2D eigenvalue weighted by molar-refractivity contribution is 0.815. The third-order valence-electron chi connectivity index (χ3n) is 2.24. The zero-order valence-electron chi connectivity index (χ0n) is 8.59. The topological polar surface area (TPSA) is 0 Å². The van der Waals surface area contributed by atoms with E-state index in [1.54, 1.807) is 0 Å². The highest BCUT2D eigenvalue weighted by molar-refractivity contribution is 5.63. The van der Waals surface area contributed by atoms with Crippen molar-refractivity contribution < 1.29 is 0 Å². The maximum absolute atomic E-state index is 2.33. The fourth-order valence-corrected chi connectivity index (χ4v) is 1.34. The van der Waals surface area contributed by atoms with Gasteiger partial charge in [0, 0.05) is 0 Å². The zero-order valence-corrected chi connectivity index (χ0v) is 8.59. The van der Waals surface area contributed by atoms with E-state index in [0.29, 0.717) is 0 Å². The van der Waals surface area contributed by atoms with Crippen LogP contribution < -0.4 is 0 Å². The monoisotopic (exact) mass is 174 g/mol. The van der Waals surface area contributed by atoms with Crippen molar-refractivity contribution >= 4 is 5.57 Å². The van der Waals surface area contributed by atoms with E-state index in [-0.39, 0.29) is 0 Å². The van der Waals surface area contributed by atoms with Crippen LogP contribution >= 0.6 is 0 Å². The molecule has 1 aromatic rings. The third-order valence-corrected chi connectivity index (χ3v) is 2.24. The van der Waals surface area contributed by atoms with E-state index in [0.717, 1.165) is 0 Å². The van der Waals surface area contributed by atoms with Crippen LogP contribution in [-0.4, -0.2) is 0 Å². The molecule has 0 aliphatic rings. The second-order valence-corrected chi connectivity index (χ2v) is 3.40. The Labute approximate surface area is 81.3 Å². The highest BCUT2D eigenvalue weighted by Gasteiger charge is 1.91. The van der Waals surface area contributed by atoms with Crippen LogP contribution in [0.4, 0.5) is 0 Å². The summed E-state index contributed by atoms with van der Waals surface area (Å²) in [6.45, 7) is 4.41. The van der Waals surface area contributed by atoms with Crippen molar-refractivity contribution in [2.24, 2.45) is 0 Å². The molecule has 0 amide bonds. The second kappa shape index (κ2) is 5.58. The minimum atomic E-state index is 1.21. The summed E-state index contributed by atoms with van der Waals surface area (Å²) in [6, 6.07) is 10.6. The van der Waals surface area contributed by atoms with Gasteiger partial charge in [-0.2, -0.15) is 0 Å². The first-order valence-corrected chi connectivity index (χ1v) is 5.06. The van der Waals surface area contributed by atoms with Gasteiger partial charge in [0.05, 0.1) is 0 Å². The zero-order chi connectivity index (χ0) is 9.52. The minimum Gasteiger partial charge on any atom is -0.0810 e. The number of rotatable bonds is 4. The molecule has 0 saturated heterocycles. The molecule has 0 fully saturated rings. The van der Waals surface area contributed by atoms with Crippen molar-refractivity contribution in [3.05, 3.63) is 42.0 Å². The molecular weight excluding hydrogens is 156 g/mol. The van der Waals surface area contributed by atoms with E-state index in [1.165, 1.54) is 30.4 Å². The van der Waals surface area contributed by atoms with Crippen LogP contribution in [0.2, 0.25) is 0 Å². The molecule has 0 unspecified atom stereocenters. The molecule has 0 aliphatic carbocycles. The van der Waals surface area contributed by atoms with Crippen LogP contribution in [0.1, 0.15) is 38.7 Å². The van der Waals surface area contributed by atoms with Gasteiger partial charge in [-0.3, -0.25) is 0 Å². The summed E-state index contributed by atoms with van der Waals surface area (Å²) in [5.41, 5.74) is 2.74. The third kappa shape index (κ3) is 3.45. The van der Waals surface area contributed by atoms with E-state index in [2.05, 4.69) is 50.3 Å². The van der Waals surface area contributed by atoms with Crippen molar-refractivity contribution in [2.75, 3.05) is 0 Å². The fraction of sp³-hybridized carbons (Fsp3) is 0.385. The highest BCUT2D eigenvalue weighted by atomic mass is 14.0. The molecule has 0 bridgehead atoms. The summed E-state index contributed by atoms with van der Waals surface area (Å²) >= 11 is 0. The van der Waals surface area contributed by atoms with Crippen LogP contribution in [0.15, 0.2) is 36.4 Å². The molecule has 13 heavy (non-hydrogen) atoms. The molecule has 0 aliphatic heterocycles. The van der Waals surface area contributed by atoms with Crippen molar-refractivity contribution in [1.29, 1.82) is 0 Å². The Kier molecular flexibility index (Phi) is 4.31. The van der Waals surface area contributed by atoms with Crippen LogP contribution in [0.3, 0.4) is 0 Å².